The molecule has 0 aliphatic carbocycles. The van der Waals surface area contributed by atoms with Gasteiger partial charge in [-0.1, -0.05) is 13.8 Å². The van der Waals surface area contributed by atoms with Crippen molar-refractivity contribution in [2.45, 2.75) is 58.0 Å². The highest BCUT2D eigenvalue weighted by molar-refractivity contribution is 5.80. The predicted molar refractivity (Wildman–Crippen MR) is 61.8 cm³/mol. The molecule has 86 valence electrons. The fourth-order valence-electron chi connectivity index (χ4n) is 3.21. The molecule has 2 heteroatoms. The van der Waals surface area contributed by atoms with Crippen LogP contribution in [-0.2, 0) is 4.79 Å². The maximum Gasteiger partial charge on any atom is 0.135 e. The molecule has 0 radical (unpaired) electrons. The van der Waals surface area contributed by atoms with Crippen molar-refractivity contribution in [3.05, 3.63) is 0 Å². The molecular weight excluding hydrogens is 186 g/mol. The lowest BCUT2D eigenvalue weighted by molar-refractivity contribution is -0.123. The van der Waals surface area contributed by atoms with Crippen LogP contribution in [-0.4, -0.2) is 29.8 Å². The number of ketones is 1. The van der Waals surface area contributed by atoms with Crippen molar-refractivity contribution in [2.24, 2.45) is 11.8 Å². The number of carbonyl (C=O) groups is 1. The van der Waals surface area contributed by atoms with Gasteiger partial charge >= 0.3 is 0 Å². The third-order valence-electron chi connectivity index (χ3n) is 4.33. The summed E-state index contributed by atoms with van der Waals surface area (Å²) in [6.07, 6.45) is 6.05. The fraction of sp³-hybridized carbons (Fsp3) is 0.923. The van der Waals surface area contributed by atoms with Crippen molar-refractivity contribution in [3.63, 3.8) is 0 Å². The topological polar surface area (TPSA) is 20.3 Å². The first kappa shape index (κ1) is 11.1. The van der Waals surface area contributed by atoms with E-state index in [0.717, 1.165) is 18.5 Å². The van der Waals surface area contributed by atoms with Crippen LogP contribution in [0.5, 0.6) is 0 Å². The smallest absolute Gasteiger partial charge is 0.135 e. The Labute approximate surface area is 93.0 Å². The molecule has 2 aliphatic rings. The van der Waals surface area contributed by atoms with Crippen LogP contribution in [0.1, 0.15) is 46.0 Å². The Morgan fingerprint density at radius 1 is 1.27 bits per heavy atom. The lowest BCUT2D eigenvalue weighted by Gasteiger charge is -2.36. The van der Waals surface area contributed by atoms with Gasteiger partial charge in [-0.25, -0.2) is 0 Å². The van der Waals surface area contributed by atoms with Crippen LogP contribution in [0, 0.1) is 11.8 Å². The minimum Gasteiger partial charge on any atom is -0.300 e. The number of Topliss-reactive ketones (excluding diaryl/α,β-unsaturated/α-hetero) is 1. The minimum atomic E-state index is 0.224. The quantitative estimate of drug-likeness (QED) is 0.711. The number of hydrogen-bond acceptors (Lipinski definition) is 2. The van der Waals surface area contributed by atoms with Crippen LogP contribution in [0.3, 0.4) is 0 Å². The molecule has 2 saturated heterocycles. The summed E-state index contributed by atoms with van der Waals surface area (Å²) >= 11 is 0. The summed E-state index contributed by atoms with van der Waals surface area (Å²) in [6, 6.07) is 1.54. The summed E-state index contributed by atoms with van der Waals surface area (Å²) in [5.41, 5.74) is 0. The van der Waals surface area contributed by atoms with E-state index < -0.39 is 0 Å². The van der Waals surface area contributed by atoms with Crippen LogP contribution in [0.25, 0.3) is 0 Å². The Morgan fingerprint density at radius 2 is 1.80 bits per heavy atom. The van der Waals surface area contributed by atoms with E-state index in [-0.39, 0.29) is 5.92 Å². The second-order valence-corrected chi connectivity index (χ2v) is 5.71. The first-order valence-corrected chi connectivity index (χ1v) is 6.32. The Hall–Kier alpha value is -0.370. The maximum atomic E-state index is 11.7. The lowest BCUT2D eigenvalue weighted by atomic mass is 9.85. The zero-order chi connectivity index (χ0) is 11.0. The number of piperidine rings is 1. The molecule has 0 spiro atoms. The van der Waals surface area contributed by atoms with Gasteiger partial charge in [0.05, 0.1) is 0 Å². The average molecular weight is 209 g/mol. The molecule has 2 nitrogen and oxygen atoms in total. The SMILES string of the molecule is CC(C)C(=O)CC1C[C@H]2CC[C@@H](C1)N2C. The first-order chi connectivity index (χ1) is 7.08. The van der Waals surface area contributed by atoms with Crippen molar-refractivity contribution in [2.75, 3.05) is 7.05 Å². The standard InChI is InChI=1S/C13H23NO/c1-9(2)13(15)8-10-6-11-4-5-12(7-10)14(11)3/h9-12H,4-8H2,1-3H3/t10?,11-,12+. The molecule has 0 saturated carbocycles. The van der Waals surface area contributed by atoms with Gasteiger partial charge in [0, 0.05) is 24.4 Å². The van der Waals surface area contributed by atoms with E-state index in [0.29, 0.717) is 11.7 Å². The van der Waals surface area contributed by atoms with E-state index in [9.17, 15) is 4.79 Å². The van der Waals surface area contributed by atoms with E-state index in [1.807, 2.05) is 13.8 Å². The highest BCUT2D eigenvalue weighted by atomic mass is 16.1. The van der Waals surface area contributed by atoms with E-state index in [1.165, 1.54) is 25.7 Å². The fourth-order valence-corrected chi connectivity index (χ4v) is 3.21. The number of rotatable bonds is 3. The molecule has 2 aliphatic heterocycles. The molecule has 0 aromatic rings. The Kier molecular flexibility index (Phi) is 3.15. The molecule has 0 N–H and O–H groups in total. The van der Waals surface area contributed by atoms with Gasteiger partial charge in [0.15, 0.2) is 0 Å². The normalized spacial score (nSPS) is 36.1. The maximum absolute atomic E-state index is 11.7. The van der Waals surface area contributed by atoms with Crippen LogP contribution in [0.2, 0.25) is 0 Å². The lowest BCUT2D eigenvalue weighted by Crippen LogP contribution is -2.40. The van der Waals surface area contributed by atoms with Crippen molar-refractivity contribution in [3.8, 4) is 0 Å². The number of nitrogens with zero attached hydrogens (tertiary/aromatic N) is 1. The Balaban J connectivity index is 1.89. The molecule has 15 heavy (non-hydrogen) atoms. The third-order valence-corrected chi connectivity index (χ3v) is 4.33. The summed E-state index contributed by atoms with van der Waals surface area (Å²) in [7, 11) is 2.25. The van der Waals surface area contributed by atoms with Gasteiger partial charge in [-0.05, 0) is 38.6 Å². The third kappa shape index (κ3) is 2.25. The molecule has 2 fully saturated rings. The Bertz CT molecular complexity index is 235. The second-order valence-electron chi connectivity index (χ2n) is 5.71. The van der Waals surface area contributed by atoms with Crippen LogP contribution < -0.4 is 0 Å². The van der Waals surface area contributed by atoms with Gasteiger partial charge in [0.25, 0.3) is 0 Å². The van der Waals surface area contributed by atoms with Crippen molar-refractivity contribution >= 4 is 5.78 Å². The summed E-state index contributed by atoms with van der Waals surface area (Å²) in [4.78, 5) is 14.3. The van der Waals surface area contributed by atoms with Gasteiger partial charge in [0.2, 0.25) is 0 Å². The summed E-state index contributed by atoms with van der Waals surface area (Å²) in [5, 5.41) is 0. The highest BCUT2D eigenvalue weighted by Crippen LogP contribution is 2.38. The Morgan fingerprint density at radius 3 is 2.27 bits per heavy atom. The molecule has 0 amide bonds. The van der Waals surface area contributed by atoms with Crippen LogP contribution in [0.4, 0.5) is 0 Å². The molecular formula is C13H23NO. The minimum absolute atomic E-state index is 0.224. The summed E-state index contributed by atoms with van der Waals surface area (Å²) < 4.78 is 0. The highest BCUT2D eigenvalue weighted by Gasteiger charge is 2.38. The van der Waals surface area contributed by atoms with Gasteiger partial charge in [0.1, 0.15) is 5.78 Å². The van der Waals surface area contributed by atoms with E-state index >= 15 is 0 Å². The van der Waals surface area contributed by atoms with Crippen molar-refractivity contribution in [1.29, 1.82) is 0 Å². The zero-order valence-electron chi connectivity index (χ0n) is 10.2. The van der Waals surface area contributed by atoms with Crippen LogP contribution in [0.15, 0.2) is 0 Å². The van der Waals surface area contributed by atoms with E-state index in [2.05, 4.69) is 11.9 Å². The van der Waals surface area contributed by atoms with Crippen molar-refractivity contribution in [1.82, 2.24) is 4.90 Å². The molecule has 1 unspecified atom stereocenters. The van der Waals surface area contributed by atoms with E-state index in [1.54, 1.807) is 0 Å². The molecule has 2 bridgehead atoms. The largest absolute Gasteiger partial charge is 0.300 e. The molecule has 3 atom stereocenters. The van der Waals surface area contributed by atoms with Crippen molar-refractivity contribution < 1.29 is 4.79 Å². The number of fused-ring (bicyclic) bond motifs is 2. The molecule has 2 heterocycles. The summed E-state index contributed by atoms with van der Waals surface area (Å²) in [5.74, 6) is 1.36. The van der Waals surface area contributed by atoms with Gasteiger partial charge in [-0.2, -0.15) is 0 Å². The monoisotopic (exact) mass is 209 g/mol. The molecule has 0 aromatic heterocycles. The van der Waals surface area contributed by atoms with Crippen LogP contribution >= 0.6 is 0 Å². The predicted octanol–water partition coefficient (Wildman–Crippen LogP) is 2.47. The second kappa shape index (κ2) is 4.25. The van der Waals surface area contributed by atoms with Gasteiger partial charge < -0.3 is 4.90 Å². The van der Waals surface area contributed by atoms with Gasteiger partial charge in [-0.3, -0.25) is 4.79 Å². The zero-order valence-corrected chi connectivity index (χ0v) is 10.2. The number of hydrogen-bond donors (Lipinski definition) is 0. The molecule has 2 rings (SSSR count). The average Bonchev–Trinajstić information content (AvgIpc) is 2.41. The number of carbonyl (C=O) groups excluding carboxylic acids is 1. The van der Waals surface area contributed by atoms with E-state index in [4.69, 9.17) is 0 Å². The van der Waals surface area contributed by atoms with Gasteiger partial charge in [-0.15, -0.1) is 0 Å². The summed E-state index contributed by atoms with van der Waals surface area (Å²) in [6.45, 7) is 4.04. The first-order valence-electron chi connectivity index (χ1n) is 6.32. The molecule has 0 aromatic carbocycles.